The van der Waals surface area contributed by atoms with Gasteiger partial charge in [-0.2, -0.15) is 0 Å². The highest BCUT2D eigenvalue weighted by Gasteiger charge is 2.36. The van der Waals surface area contributed by atoms with Crippen LogP contribution >= 0.6 is 11.3 Å². The van der Waals surface area contributed by atoms with Crippen LogP contribution in [0, 0.1) is 18.3 Å². The molecule has 2 rings (SSSR count). The molecule has 0 saturated carbocycles. The van der Waals surface area contributed by atoms with Gasteiger partial charge in [0.05, 0.1) is 11.2 Å². The second kappa shape index (κ2) is 5.46. The molecule has 0 amide bonds. The van der Waals surface area contributed by atoms with Crippen LogP contribution in [0.3, 0.4) is 0 Å². The minimum absolute atomic E-state index is 0.443. The van der Waals surface area contributed by atoms with E-state index in [-0.39, 0.29) is 0 Å². The lowest BCUT2D eigenvalue weighted by molar-refractivity contribution is 0.208. The molecule has 1 unspecified atom stereocenters. The smallest absolute Gasteiger partial charge is 0.0798 e. The Morgan fingerprint density at radius 1 is 1.59 bits per heavy atom. The van der Waals surface area contributed by atoms with Gasteiger partial charge in [-0.05, 0) is 31.2 Å². The minimum atomic E-state index is 0.443. The highest BCUT2D eigenvalue weighted by molar-refractivity contribution is 7.09. The van der Waals surface area contributed by atoms with Crippen molar-refractivity contribution < 1.29 is 0 Å². The first-order valence-corrected chi connectivity index (χ1v) is 7.32. The van der Waals surface area contributed by atoms with Crippen molar-refractivity contribution in [2.45, 2.75) is 33.7 Å². The van der Waals surface area contributed by atoms with Crippen LogP contribution < -0.4 is 10.6 Å². The molecule has 1 aliphatic heterocycles. The van der Waals surface area contributed by atoms with Gasteiger partial charge in [-0.15, -0.1) is 11.3 Å². The number of rotatable bonds is 5. The van der Waals surface area contributed by atoms with Crippen LogP contribution in [0.25, 0.3) is 0 Å². The lowest BCUT2D eigenvalue weighted by Gasteiger charge is -2.33. The van der Waals surface area contributed by atoms with Crippen LogP contribution in [0.2, 0.25) is 0 Å². The first kappa shape index (κ1) is 13.0. The summed E-state index contributed by atoms with van der Waals surface area (Å²) in [4.78, 5) is 5.66. The molecule has 0 aromatic carbocycles. The third-order valence-electron chi connectivity index (χ3n) is 4.11. The largest absolute Gasteiger partial charge is 0.316 e. The molecule has 0 bridgehead atoms. The van der Waals surface area contributed by atoms with Crippen LogP contribution in [0.5, 0.6) is 0 Å². The summed E-state index contributed by atoms with van der Waals surface area (Å²) < 4.78 is 0. The Labute approximate surface area is 108 Å². The van der Waals surface area contributed by atoms with Gasteiger partial charge in [0, 0.05) is 24.5 Å². The van der Waals surface area contributed by atoms with Gasteiger partial charge >= 0.3 is 0 Å². The van der Waals surface area contributed by atoms with Gasteiger partial charge in [0.25, 0.3) is 0 Å². The first-order valence-electron chi connectivity index (χ1n) is 6.44. The normalized spacial score (nSPS) is 24.7. The molecule has 3 nitrogen and oxygen atoms in total. The maximum Gasteiger partial charge on any atom is 0.0798 e. The number of thiazole rings is 1. The fourth-order valence-corrected chi connectivity index (χ4v) is 3.28. The highest BCUT2D eigenvalue weighted by Crippen LogP contribution is 2.33. The molecule has 1 aromatic heterocycles. The van der Waals surface area contributed by atoms with Crippen LogP contribution in [-0.4, -0.2) is 24.6 Å². The molecule has 1 aromatic rings. The van der Waals surface area contributed by atoms with E-state index in [1.165, 1.54) is 23.5 Å². The molecule has 2 N–H and O–H groups in total. The topological polar surface area (TPSA) is 37.0 Å². The van der Waals surface area contributed by atoms with Gasteiger partial charge < -0.3 is 10.6 Å². The molecule has 1 fully saturated rings. The van der Waals surface area contributed by atoms with E-state index in [1.807, 2.05) is 5.51 Å². The predicted octanol–water partition coefficient (Wildman–Crippen LogP) is 2.18. The highest BCUT2D eigenvalue weighted by atomic mass is 32.1. The molecule has 96 valence electrons. The number of aryl methyl sites for hydroxylation is 1. The molecular weight excluding hydrogens is 230 g/mol. The maximum atomic E-state index is 4.29. The van der Waals surface area contributed by atoms with Crippen molar-refractivity contribution in [2.24, 2.45) is 11.3 Å². The number of hydrogen-bond donors (Lipinski definition) is 2. The van der Waals surface area contributed by atoms with Gasteiger partial charge in [0.1, 0.15) is 0 Å². The molecule has 0 radical (unpaired) electrons. The van der Waals surface area contributed by atoms with E-state index < -0.39 is 0 Å². The van der Waals surface area contributed by atoms with E-state index in [1.54, 1.807) is 11.3 Å². The van der Waals surface area contributed by atoms with Crippen LogP contribution in [0.4, 0.5) is 0 Å². The van der Waals surface area contributed by atoms with E-state index in [9.17, 15) is 0 Å². The van der Waals surface area contributed by atoms with E-state index >= 15 is 0 Å². The van der Waals surface area contributed by atoms with E-state index in [0.717, 1.165) is 25.6 Å². The number of aromatic nitrogens is 1. The maximum absolute atomic E-state index is 4.29. The summed E-state index contributed by atoms with van der Waals surface area (Å²) in [6, 6.07) is 0. The number of nitrogens with one attached hydrogen (secondary N) is 2. The quantitative estimate of drug-likeness (QED) is 0.844. The lowest BCUT2D eigenvalue weighted by atomic mass is 9.76. The summed E-state index contributed by atoms with van der Waals surface area (Å²) in [6.07, 6.45) is 1.29. The van der Waals surface area contributed by atoms with E-state index in [0.29, 0.717) is 5.41 Å². The minimum Gasteiger partial charge on any atom is -0.316 e. The molecule has 0 aliphatic carbocycles. The molecule has 1 saturated heterocycles. The van der Waals surface area contributed by atoms with Gasteiger partial charge in [-0.25, -0.2) is 4.98 Å². The average molecular weight is 253 g/mol. The first-order chi connectivity index (χ1) is 8.14. The number of nitrogens with zero attached hydrogens (tertiary/aromatic N) is 1. The van der Waals surface area contributed by atoms with Crippen LogP contribution in [-0.2, 0) is 6.54 Å². The Bertz CT molecular complexity index is 353. The number of hydrogen-bond acceptors (Lipinski definition) is 4. The Hall–Kier alpha value is -0.450. The SMILES string of the molecule is Cc1ncsc1CNCC1(C(C)C)CCNC1. The average Bonchev–Trinajstić information content (AvgIpc) is 2.90. The lowest BCUT2D eigenvalue weighted by Crippen LogP contribution is -2.40. The standard InChI is InChI=1S/C13H23N3S/c1-10(2)13(4-5-14-7-13)8-15-6-12-11(3)16-9-17-12/h9-10,14-15H,4-8H2,1-3H3. The van der Waals surface area contributed by atoms with Crippen LogP contribution in [0.15, 0.2) is 5.51 Å². The predicted molar refractivity (Wildman–Crippen MR) is 73.3 cm³/mol. The Balaban J connectivity index is 1.86. The van der Waals surface area contributed by atoms with Crippen molar-refractivity contribution in [1.29, 1.82) is 0 Å². The third kappa shape index (κ3) is 2.87. The molecule has 4 heteroatoms. The Morgan fingerprint density at radius 3 is 2.94 bits per heavy atom. The molecule has 17 heavy (non-hydrogen) atoms. The Morgan fingerprint density at radius 2 is 2.41 bits per heavy atom. The summed E-state index contributed by atoms with van der Waals surface area (Å²) in [5.74, 6) is 0.729. The summed E-state index contributed by atoms with van der Waals surface area (Å²) in [5, 5.41) is 7.12. The van der Waals surface area contributed by atoms with Gasteiger partial charge in [0.15, 0.2) is 0 Å². The second-order valence-electron chi connectivity index (χ2n) is 5.41. The van der Waals surface area contributed by atoms with Crippen LogP contribution in [0.1, 0.15) is 30.8 Å². The van der Waals surface area contributed by atoms with Crippen molar-refractivity contribution in [3.05, 3.63) is 16.1 Å². The van der Waals surface area contributed by atoms with Gasteiger partial charge in [-0.1, -0.05) is 13.8 Å². The van der Waals surface area contributed by atoms with E-state index in [2.05, 4.69) is 36.4 Å². The fourth-order valence-electron chi connectivity index (χ4n) is 2.53. The van der Waals surface area contributed by atoms with Crippen molar-refractivity contribution in [3.8, 4) is 0 Å². The molecule has 1 atom stereocenters. The van der Waals surface area contributed by atoms with Crippen molar-refractivity contribution >= 4 is 11.3 Å². The summed E-state index contributed by atoms with van der Waals surface area (Å²) in [6.45, 7) is 11.2. The molecule has 1 aliphatic rings. The zero-order chi connectivity index (χ0) is 12.3. The van der Waals surface area contributed by atoms with Crippen molar-refractivity contribution in [1.82, 2.24) is 15.6 Å². The monoisotopic (exact) mass is 253 g/mol. The zero-order valence-electron chi connectivity index (χ0n) is 11.0. The second-order valence-corrected chi connectivity index (χ2v) is 6.35. The third-order valence-corrected chi connectivity index (χ3v) is 5.04. The summed E-state index contributed by atoms with van der Waals surface area (Å²) in [5.41, 5.74) is 3.55. The molecular formula is C13H23N3S. The molecule has 0 spiro atoms. The van der Waals surface area contributed by atoms with Gasteiger partial charge in [0.2, 0.25) is 0 Å². The zero-order valence-corrected chi connectivity index (χ0v) is 11.9. The van der Waals surface area contributed by atoms with Crippen molar-refractivity contribution in [3.63, 3.8) is 0 Å². The molecule has 2 heterocycles. The van der Waals surface area contributed by atoms with E-state index in [4.69, 9.17) is 0 Å². The van der Waals surface area contributed by atoms with Crippen molar-refractivity contribution in [2.75, 3.05) is 19.6 Å². The Kier molecular flexibility index (Phi) is 4.17. The summed E-state index contributed by atoms with van der Waals surface area (Å²) >= 11 is 1.75. The summed E-state index contributed by atoms with van der Waals surface area (Å²) in [7, 11) is 0. The van der Waals surface area contributed by atoms with Gasteiger partial charge in [-0.3, -0.25) is 0 Å². The fraction of sp³-hybridized carbons (Fsp3) is 0.769.